The van der Waals surface area contributed by atoms with E-state index in [0.29, 0.717) is 28.0 Å². The van der Waals surface area contributed by atoms with Gasteiger partial charge in [-0.1, -0.05) is 18.2 Å². The Bertz CT molecular complexity index is 869. The van der Waals surface area contributed by atoms with E-state index < -0.39 is 0 Å². The number of aromatic hydroxyl groups is 1. The van der Waals surface area contributed by atoms with Gasteiger partial charge in [-0.3, -0.25) is 4.98 Å². The number of nitrogen functional groups attached to an aromatic ring is 1. The van der Waals surface area contributed by atoms with E-state index in [0.717, 1.165) is 0 Å². The first kappa shape index (κ1) is 12.8. The molecule has 0 unspecified atom stereocenters. The molecule has 1 aromatic heterocycles. The smallest absolute Gasteiger partial charge is 0.156 e. The fraction of sp³-hybridized carbons (Fsp3) is 0. The van der Waals surface area contributed by atoms with Crippen LogP contribution < -0.4 is 10.5 Å². The van der Waals surface area contributed by atoms with Gasteiger partial charge in [0.2, 0.25) is 0 Å². The van der Waals surface area contributed by atoms with Gasteiger partial charge >= 0.3 is 0 Å². The number of aromatic nitrogens is 1. The molecule has 3 N–H and O–H groups in total. The van der Waals surface area contributed by atoms with E-state index >= 15 is 0 Å². The van der Waals surface area contributed by atoms with Crippen molar-refractivity contribution in [2.45, 2.75) is 0 Å². The van der Waals surface area contributed by atoms with Crippen LogP contribution in [0.5, 0.6) is 17.2 Å². The van der Waals surface area contributed by atoms with Gasteiger partial charge in [-0.05, 0) is 24.3 Å². The summed E-state index contributed by atoms with van der Waals surface area (Å²) in [6.07, 6.45) is 1.46. The third kappa shape index (κ3) is 2.19. The molecule has 3 rings (SSSR count). The van der Waals surface area contributed by atoms with Gasteiger partial charge in [-0.2, -0.15) is 5.26 Å². The second-order valence-electron chi connectivity index (χ2n) is 4.42. The lowest BCUT2D eigenvalue weighted by Crippen LogP contribution is -1.96. The molecule has 21 heavy (non-hydrogen) atoms. The van der Waals surface area contributed by atoms with E-state index in [9.17, 15) is 10.4 Å². The molecule has 1 heterocycles. The van der Waals surface area contributed by atoms with Crippen LogP contribution in [0.1, 0.15) is 5.56 Å². The molecule has 102 valence electrons. The van der Waals surface area contributed by atoms with E-state index in [4.69, 9.17) is 10.5 Å². The van der Waals surface area contributed by atoms with Gasteiger partial charge in [0.1, 0.15) is 23.1 Å². The molecule has 0 spiro atoms. The lowest BCUT2D eigenvalue weighted by atomic mass is 10.1. The van der Waals surface area contributed by atoms with E-state index in [-0.39, 0.29) is 11.4 Å². The number of hydrogen-bond acceptors (Lipinski definition) is 5. The minimum atomic E-state index is -0.0654. The maximum atomic E-state index is 9.64. The number of anilines is 1. The quantitative estimate of drug-likeness (QED) is 0.554. The van der Waals surface area contributed by atoms with Crippen molar-refractivity contribution in [2.24, 2.45) is 0 Å². The van der Waals surface area contributed by atoms with Crippen molar-refractivity contribution in [3.8, 4) is 23.3 Å². The van der Waals surface area contributed by atoms with Crippen LogP contribution in [0.4, 0.5) is 5.69 Å². The zero-order valence-electron chi connectivity index (χ0n) is 10.9. The Morgan fingerprint density at radius 2 is 1.95 bits per heavy atom. The first-order valence-electron chi connectivity index (χ1n) is 6.24. The van der Waals surface area contributed by atoms with Crippen LogP contribution in [0.15, 0.2) is 48.7 Å². The van der Waals surface area contributed by atoms with Gasteiger partial charge in [0.05, 0.1) is 5.52 Å². The molecule has 0 aliphatic heterocycles. The number of para-hydroxylation sites is 2. The largest absolute Gasteiger partial charge is 0.506 e. The molecule has 0 aliphatic carbocycles. The summed E-state index contributed by atoms with van der Waals surface area (Å²) in [7, 11) is 0. The third-order valence-electron chi connectivity index (χ3n) is 3.10. The summed E-state index contributed by atoms with van der Waals surface area (Å²) in [4.78, 5) is 4.21. The summed E-state index contributed by atoms with van der Waals surface area (Å²) in [6, 6.07) is 14.1. The Morgan fingerprint density at radius 3 is 2.76 bits per heavy atom. The average Bonchev–Trinajstić information content (AvgIpc) is 2.52. The molecule has 5 nitrogen and oxygen atoms in total. The lowest BCUT2D eigenvalue weighted by Gasteiger charge is -2.12. The number of benzene rings is 2. The topological polar surface area (TPSA) is 92.2 Å². The van der Waals surface area contributed by atoms with E-state index in [1.807, 2.05) is 24.3 Å². The monoisotopic (exact) mass is 277 g/mol. The summed E-state index contributed by atoms with van der Waals surface area (Å²) in [5.74, 6) is 0.604. The maximum absolute atomic E-state index is 9.64. The van der Waals surface area contributed by atoms with Crippen molar-refractivity contribution >= 4 is 16.6 Å². The molecule has 0 saturated heterocycles. The maximum Gasteiger partial charge on any atom is 0.156 e. The summed E-state index contributed by atoms with van der Waals surface area (Å²) >= 11 is 0. The summed E-state index contributed by atoms with van der Waals surface area (Å²) in [5, 5.41) is 19.6. The molecule has 0 fully saturated rings. The Kier molecular flexibility index (Phi) is 3.05. The van der Waals surface area contributed by atoms with Crippen LogP contribution in [0.25, 0.3) is 10.9 Å². The highest BCUT2D eigenvalue weighted by Gasteiger charge is 2.13. The van der Waals surface area contributed by atoms with E-state index in [1.54, 1.807) is 12.1 Å². The normalized spacial score (nSPS) is 10.2. The van der Waals surface area contributed by atoms with Crippen molar-refractivity contribution in [3.05, 3.63) is 54.2 Å². The molecule has 0 atom stereocenters. The number of nitriles is 1. The summed E-state index contributed by atoms with van der Waals surface area (Å²) < 4.78 is 5.78. The molecule has 2 aromatic carbocycles. The highest BCUT2D eigenvalue weighted by atomic mass is 16.5. The van der Waals surface area contributed by atoms with Crippen molar-refractivity contribution in [2.75, 3.05) is 5.73 Å². The molecule has 5 heteroatoms. The molecule has 0 radical (unpaired) electrons. The van der Waals surface area contributed by atoms with Crippen LogP contribution in [-0.2, 0) is 0 Å². The molecular formula is C16H11N3O2. The highest BCUT2D eigenvalue weighted by molar-refractivity contribution is 5.87. The van der Waals surface area contributed by atoms with Gasteiger partial charge in [0.15, 0.2) is 11.5 Å². The average molecular weight is 277 g/mol. The Hall–Kier alpha value is -3.26. The number of fused-ring (bicyclic) bond motifs is 1. The fourth-order valence-corrected chi connectivity index (χ4v) is 2.04. The first-order chi connectivity index (χ1) is 10.2. The van der Waals surface area contributed by atoms with Crippen LogP contribution in [0.2, 0.25) is 0 Å². The second kappa shape index (κ2) is 5.02. The highest BCUT2D eigenvalue weighted by Crippen LogP contribution is 2.37. The number of hydrogen-bond donors (Lipinski definition) is 2. The zero-order valence-corrected chi connectivity index (χ0v) is 10.9. The predicted molar refractivity (Wildman–Crippen MR) is 79.1 cm³/mol. The number of pyridine rings is 1. The predicted octanol–water partition coefficient (Wildman–Crippen LogP) is 3.19. The lowest BCUT2D eigenvalue weighted by molar-refractivity contribution is 0.461. The minimum absolute atomic E-state index is 0.0654. The number of nitrogens with two attached hydrogens (primary N) is 1. The van der Waals surface area contributed by atoms with E-state index in [1.165, 1.54) is 12.3 Å². The Labute approximate surface area is 120 Å². The van der Waals surface area contributed by atoms with Crippen LogP contribution in [0.3, 0.4) is 0 Å². The summed E-state index contributed by atoms with van der Waals surface area (Å²) in [5.41, 5.74) is 6.94. The molecule has 0 bridgehead atoms. The number of nitrogens with zero attached hydrogens (tertiary/aromatic N) is 2. The zero-order chi connectivity index (χ0) is 14.8. The second-order valence-corrected chi connectivity index (χ2v) is 4.42. The molecule has 3 aromatic rings. The number of phenolic OH excluding ortho intramolecular Hbond substituents is 1. The minimum Gasteiger partial charge on any atom is -0.506 e. The number of rotatable bonds is 2. The van der Waals surface area contributed by atoms with E-state index in [2.05, 4.69) is 11.1 Å². The van der Waals surface area contributed by atoms with Gasteiger partial charge < -0.3 is 15.6 Å². The van der Waals surface area contributed by atoms with Crippen molar-refractivity contribution in [1.82, 2.24) is 4.98 Å². The Balaban J connectivity index is 2.20. The molecule has 0 saturated carbocycles. The number of ether oxygens (including phenoxy) is 1. The molecule has 0 amide bonds. The van der Waals surface area contributed by atoms with Gasteiger partial charge in [0, 0.05) is 11.6 Å². The standard InChI is InChI=1S/C16H11N3O2/c17-8-10-9-19-12-5-2-1-4-11(12)16(10)21-14-7-3-6-13(20)15(14)18/h1-7,9,20H,18H2. The van der Waals surface area contributed by atoms with Crippen LogP contribution in [0, 0.1) is 11.3 Å². The van der Waals surface area contributed by atoms with Crippen molar-refractivity contribution < 1.29 is 9.84 Å². The molecular weight excluding hydrogens is 266 g/mol. The van der Waals surface area contributed by atoms with Crippen molar-refractivity contribution in [1.29, 1.82) is 5.26 Å². The first-order valence-corrected chi connectivity index (χ1v) is 6.24. The van der Waals surface area contributed by atoms with Crippen molar-refractivity contribution in [3.63, 3.8) is 0 Å². The van der Waals surface area contributed by atoms with Gasteiger partial charge in [-0.25, -0.2) is 0 Å². The van der Waals surface area contributed by atoms with Gasteiger partial charge in [-0.15, -0.1) is 0 Å². The Morgan fingerprint density at radius 1 is 1.14 bits per heavy atom. The fourth-order valence-electron chi connectivity index (χ4n) is 2.04. The number of phenols is 1. The van der Waals surface area contributed by atoms with Gasteiger partial charge in [0.25, 0.3) is 0 Å². The summed E-state index contributed by atoms with van der Waals surface area (Å²) in [6.45, 7) is 0. The van der Waals surface area contributed by atoms with Crippen LogP contribution in [-0.4, -0.2) is 10.1 Å². The molecule has 0 aliphatic rings. The third-order valence-corrected chi connectivity index (χ3v) is 3.10. The van der Waals surface area contributed by atoms with Crippen LogP contribution >= 0.6 is 0 Å². The SMILES string of the molecule is N#Cc1cnc2ccccc2c1Oc1cccc(O)c1N.